The number of urea groups is 1. The van der Waals surface area contributed by atoms with Gasteiger partial charge in [-0.25, -0.2) is 9.59 Å². The van der Waals surface area contributed by atoms with Gasteiger partial charge in [-0.1, -0.05) is 18.2 Å². The second kappa shape index (κ2) is 9.31. The van der Waals surface area contributed by atoms with Gasteiger partial charge in [-0.05, 0) is 69.1 Å². The molecule has 0 unspecified atom stereocenters. The molecule has 176 valence electrons. The van der Waals surface area contributed by atoms with Gasteiger partial charge in [0.05, 0.1) is 25.5 Å². The Morgan fingerprint density at radius 1 is 1.09 bits per heavy atom. The number of aromatic carboxylic acids is 1. The highest BCUT2D eigenvalue weighted by molar-refractivity contribution is 6.00. The number of fused-ring (bicyclic) bond motifs is 1. The van der Waals surface area contributed by atoms with Gasteiger partial charge in [-0.2, -0.15) is 0 Å². The summed E-state index contributed by atoms with van der Waals surface area (Å²) < 4.78 is 11.0. The van der Waals surface area contributed by atoms with Crippen molar-refractivity contribution in [2.45, 2.75) is 43.2 Å². The number of carboxylic acids is 1. The van der Waals surface area contributed by atoms with Crippen LogP contribution < -0.4 is 20.1 Å². The lowest BCUT2D eigenvalue weighted by atomic mass is 9.65. The number of amides is 2. The Morgan fingerprint density at radius 3 is 2.58 bits per heavy atom. The van der Waals surface area contributed by atoms with E-state index in [9.17, 15) is 14.7 Å². The first-order valence-corrected chi connectivity index (χ1v) is 11.2. The van der Waals surface area contributed by atoms with Crippen LogP contribution in [0.3, 0.4) is 0 Å². The van der Waals surface area contributed by atoms with E-state index in [1.54, 1.807) is 32.4 Å². The molecule has 4 rings (SSSR count). The lowest BCUT2D eigenvalue weighted by Crippen LogP contribution is -2.52. The van der Waals surface area contributed by atoms with Gasteiger partial charge in [0.15, 0.2) is 11.5 Å². The molecule has 1 aliphatic carbocycles. The Morgan fingerprint density at radius 2 is 1.85 bits per heavy atom. The molecule has 2 aromatic rings. The number of benzene rings is 2. The van der Waals surface area contributed by atoms with Crippen LogP contribution in [0.2, 0.25) is 0 Å². The van der Waals surface area contributed by atoms with Crippen LogP contribution in [0.5, 0.6) is 11.5 Å². The van der Waals surface area contributed by atoms with Crippen molar-refractivity contribution in [1.29, 1.82) is 0 Å². The molecule has 1 heterocycles. The number of ether oxygens (including phenoxy) is 2. The Hall–Kier alpha value is -3.26. The third-order valence-electron chi connectivity index (χ3n) is 7.23. The van der Waals surface area contributed by atoms with E-state index in [0.717, 1.165) is 38.0 Å². The topological polar surface area (TPSA) is 100 Å². The van der Waals surface area contributed by atoms with Gasteiger partial charge in [0.25, 0.3) is 0 Å². The van der Waals surface area contributed by atoms with Crippen molar-refractivity contribution in [2.75, 3.05) is 33.1 Å². The van der Waals surface area contributed by atoms with Crippen LogP contribution in [0.4, 0.5) is 10.5 Å². The van der Waals surface area contributed by atoms with Crippen LogP contribution in [0.1, 0.15) is 41.6 Å². The number of likely N-dealkylation sites (tertiary alicyclic amines) is 1. The van der Waals surface area contributed by atoms with Gasteiger partial charge in [0.1, 0.15) is 0 Å². The highest BCUT2D eigenvalue weighted by atomic mass is 16.5. The molecule has 2 aliphatic rings. The predicted molar refractivity (Wildman–Crippen MR) is 125 cm³/mol. The molecular formula is C25H31N3O5. The van der Waals surface area contributed by atoms with E-state index in [1.165, 1.54) is 11.6 Å². The second-order valence-electron chi connectivity index (χ2n) is 8.89. The number of likely N-dealkylation sites (N-methyl/N-ethyl adjacent to an activating group) is 1. The fourth-order valence-electron chi connectivity index (χ4n) is 5.52. The van der Waals surface area contributed by atoms with Crippen molar-refractivity contribution in [3.05, 3.63) is 53.6 Å². The lowest BCUT2D eigenvalue weighted by Gasteiger charge is -2.45. The number of carbonyl (C=O) groups excluding carboxylic acids is 1. The van der Waals surface area contributed by atoms with E-state index < -0.39 is 5.97 Å². The number of anilines is 1. The zero-order valence-corrected chi connectivity index (χ0v) is 19.3. The predicted octanol–water partition coefficient (Wildman–Crippen LogP) is 3.72. The minimum atomic E-state index is -1.07. The van der Waals surface area contributed by atoms with Crippen molar-refractivity contribution in [3.8, 4) is 11.5 Å². The maximum atomic E-state index is 12.7. The molecule has 1 saturated carbocycles. The number of carbonyl (C=O) groups is 2. The third-order valence-corrected chi connectivity index (χ3v) is 7.23. The summed E-state index contributed by atoms with van der Waals surface area (Å²) in [5, 5.41) is 15.1. The molecule has 3 atom stereocenters. The third kappa shape index (κ3) is 4.35. The number of carboxylic acid groups (broad SMARTS) is 1. The van der Waals surface area contributed by atoms with Crippen molar-refractivity contribution in [1.82, 2.24) is 10.2 Å². The molecule has 8 nitrogen and oxygen atoms in total. The average Bonchev–Trinajstić information content (AvgIpc) is 3.15. The average molecular weight is 454 g/mol. The number of rotatable bonds is 6. The van der Waals surface area contributed by atoms with Crippen molar-refractivity contribution in [2.24, 2.45) is 0 Å². The molecule has 3 N–H and O–H groups in total. The minimum absolute atomic E-state index is 0.000749. The summed E-state index contributed by atoms with van der Waals surface area (Å²) in [5.41, 5.74) is 1.60. The summed E-state index contributed by atoms with van der Waals surface area (Å²) in [6.07, 6.45) is 3.65. The van der Waals surface area contributed by atoms with E-state index in [2.05, 4.69) is 34.7 Å². The monoisotopic (exact) mass is 453 g/mol. The fraction of sp³-hybridized carbons (Fsp3) is 0.440. The van der Waals surface area contributed by atoms with Gasteiger partial charge in [-0.3, -0.25) is 0 Å². The van der Waals surface area contributed by atoms with Crippen LogP contribution >= 0.6 is 0 Å². The largest absolute Gasteiger partial charge is 0.493 e. The number of nitrogens with zero attached hydrogens (tertiary/aromatic N) is 1. The molecule has 2 fully saturated rings. The highest BCUT2D eigenvalue weighted by Gasteiger charge is 2.50. The van der Waals surface area contributed by atoms with E-state index in [0.29, 0.717) is 5.75 Å². The standard InChI is InChI=1S/C25H31N3O5/c1-28-13-12-25(16-8-9-20(32-2)21(14-16)33-3)11-10-17(15-22(25)28)26-24(31)27-19-7-5-4-6-18(19)23(29)30/h4-9,14,17,22H,10-13,15H2,1-3H3,(H,29,30)(H2,26,27,31)/t17-,22+,25+/m1/s1. The first-order chi connectivity index (χ1) is 15.9. The molecule has 33 heavy (non-hydrogen) atoms. The zero-order chi connectivity index (χ0) is 23.6. The Kier molecular flexibility index (Phi) is 6.47. The number of methoxy groups -OCH3 is 2. The molecule has 0 radical (unpaired) electrons. The molecule has 1 saturated heterocycles. The molecule has 1 aliphatic heterocycles. The lowest BCUT2D eigenvalue weighted by molar-refractivity contribution is 0.0698. The summed E-state index contributed by atoms with van der Waals surface area (Å²) >= 11 is 0. The quantitative estimate of drug-likeness (QED) is 0.617. The van der Waals surface area contributed by atoms with E-state index in [1.807, 2.05) is 6.07 Å². The molecule has 2 amide bonds. The molecule has 0 aromatic heterocycles. The number of hydrogen-bond acceptors (Lipinski definition) is 5. The fourth-order valence-corrected chi connectivity index (χ4v) is 5.52. The first kappa shape index (κ1) is 22.9. The van der Waals surface area contributed by atoms with E-state index in [4.69, 9.17) is 9.47 Å². The van der Waals surface area contributed by atoms with E-state index in [-0.39, 0.29) is 34.8 Å². The maximum absolute atomic E-state index is 12.7. The van der Waals surface area contributed by atoms with E-state index >= 15 is 0 Å². The van der Waals surface area contributed by atoms with Crippen molar-refractivity contribution >= 4 is 17.7 Å². The molecule has 2 aromatic carbocycles. The highest BCUT2D eigenvalue weighted by Crippen LogP contribution is 2.49. The Balaban J connectivity index is 1.49. The van der Waals surface area contributed by atoms with Gasteiger partial charge in [0, 0.05) is 17.5 Å². The van der Waals surface area contributed by atoms with Crippen LogP contribution in [0.15, 0.2) is 42.5 Å². The van der Waals surface area contributed by atoms with Gasteiger partial charge >= 0.3 is 12.0 Å². The second-order valence-corrected chi connectivity index (χ2v) is 8.89. The van der Waals surface area contributed by atoms with Gasteiger partial charge in [-0.15, -0.1) is 0 Å². The van der Waals surface area contributed by atoms with Crippen molar-refractivity contribution in [3.63, 3.8) is 0 Å². The zero-order valence-electron chi connectivity index (χ0n) is 19.3. The normalized spacial score (nSPS) is 24.6. The molecular weight excluding hydrogens is 422 g/mol. The summed E-state index contributed by atoms with van der Waals surface area (Å²) in [7, 11) is 5.43. The summed E-state index contributed by atoms with van der Waals surface area (Å²) in [4.78, 5) is 26.5. The Labute approximate surface area is 193 Å². The van der Waals surface area contributed by atoms with Gasteiger partial charge < -0.3 is 30.1 Å². The molecule has 8 heteroatoms. The van der Waals surface area contributed by atoms with Crippen LogP contribution in [0.25, 0.3) is 0 Å². The smallest absolute Gasteiger partial charge is 0.337 e. The summed E-state index contributed by atoms with van der Waals surface area (Å²) in [6, 6.07) is 12.5. The van der Waals surface area contributed by atoms with Crippen LogP contribution in [0, 0.1) is 0 Å². The first-order valence-electron chi connectivity index (χ1n) is 11.2. The maximum Gasteiger partial charge on any atom is 0.337 e. The SMILES string of the molecule is COc1ccc([C@@]23CC[C@@H](NC(=O)Nc4ccccc4C(=O)O)C[C@@H]2N(C)CC3)cc1OC. The minimum Gasteiger partial charge on any atom is -0.493 e. The summed E-state index contributed by atoms with van der Waals surface area (Å²) in [5.74, 6) is 0.375. The number of hydrogen-bond donors (Lipinski definition) is 3. The molecule has 0 bridgehead atoms. The van der Waals surface area contributed by atoms with Crippen LogP contribution in [-0.2, 0) is 5.41 Å². The summed E-state index contributed by atoms with van der Waals surface area (Å²) in [6.45, 7) is 0.990. The number of nitrogens with one attached hydrogen (secondary N) is 2. The van der Waals surface area contributed by atoms with Crippen LogP contribution in [-0.4, -0.2) is 61.9 Å². The molecule has 0 spiro atoms. The van der Waals surface area contributed by atoms with Gasteiger partial charge in [0.2, 0.25) is 0 Å². The number of para-hydroxylation sites is 1. The van der Waals surface area contributed by atoms with Crippen molar-refractivity contribution < 1.29 is 24.2 Å². The Bertz CT molecular complexity index is 1040.